The van der Waals surface area contributed by atoms with Crippen LogP contribution in [0.1, 0.15) is 35.2 Å². The molecule has 2 rings (SSSR count). The molecule has 1 aromatic rings. The molecule has 5 nitrogen and oxygen atoms in total. The molecule has 132 valence electrons. The standard InChI is InChI=1S/C15H16F3NO4S/c1-19(24(2,22)23)12-7-10(15(16,17)18)5-6-11(12)14(21)8-13(20)9-3-4-9/h5-7,9H,3-4,8H2,1-2H3. The van der Waals surface area contributed by atoms with Crippen LogP contribution in [0.25, 0.3) is 0 Å². The summed E-state index contributed by atoms with van der Waals surface area (Å²) in [7, 11) is -2.82. The average molecular weight is 363 g/mol. The van der Waals surface area contributed by atoms with Crippen molar-refractivity contribution in [3.05, 3.63) is 29.3 Å². The summed E-state index contributed by atoms with van der Waals surface area (Å²) in [6, 6.07) is 2.23. The maximum Gasteiger partial charge on any atom is 0.416 e. The number of anilines is 1. The first-order chi connectivity index (χ1) is 10.9. The highest BCUT2D eigenvalue weighted by atomic mass is 32.2. The topological polar surface area (TPSA) is 71.5 Å². The van der Waals surface area contributed by atoms with E-state index in [1.165, 1.54) is 0 Å². The second-order valence-corrected chi connectivity index (χ2v) is 7.81. The fraction of sp³-hybridized carbons (Fsp3) is 0.467. The van der Waals surface area contributed by atoms with E-state index in [1.807, 2.05) is 0 Å². The first kappa shape index (κ1) is 18.4. The van der Waals surface area contributed by atoms with Crippen LogP contribution in [-0.2, 0) is 21.0 Å². The second kappa shape index (κ2) is 6.19. The van der Waals surface area contributed by atoms with Gasteiger partial charge in [-0.1, -0.05) is 0 Å². The zero-order valence-corrected chi connectivity index (χ0v) is 13.9. The number of rotatable bonds is 6. The molecule has 1 aromatic carbocycles. The fourth-order valence-corrected chi connectivity index (χ4v) is 2.69. The molecule has 0 aromatic heterocycles. The molecule has 9 heteroatoms. The average Bonchev–Trinajstić information content (AvgIpc) is 3.28. The Balaban J connectivity index is 2.45. The lowest BCUT2D eigenvalue weighted by molar-refractivity contribution is -0.137. The van der Waals surface area contributed by atoms with Gasteiger partial charge in [0.2, 0.25) is 10.0 Å². The SMILES string of the molecule is CN(c1cc(C(F)(F)F)ccc1C(=O)CC(=O)C1CC1)S(C)(=O)=O. The molecule has 0 bridgehead atoms. The third-order valence-electron chi connectivity index (χ3n) is 3.83. The van der Waals surface area contributed by atoms with Gasteiger partial charge >= 0.3 is 6.18 Å². The third kappa shape index (κ3) is 4.14. The molecular formula is C15H16F3NO4S. The highest BCUT2D eigenvalue weighted by Crippen LogP contribution is 2.35. The van der Waals surface area contributed by atoms with E-state index < -0.39 is 34.0 Å². The number of benzene rings is 1. The molecular weight excluding hydrogens is 347 g/mol. The second-order valence-electron chi connectivity index (χ2n) is 5.80. The minimum Gasteiger partial charge on any atom is -0.299 e. The Morgan fingerprint density at radius 3 is 2.29 bits per heavy atom. The molecule has 0 atom stereocenters. The van der Waals surface area contributed by atoms with Crippen LogP contribution in [0, 0.1) is 5.92 Å². The molecule has 1 saturated carbocycles. The predicted octanol–water partition coefficient (Wildman–Crippen LogP) is 2.65. The van der Waals surface area contributed by atoms with Crippen LogP contribution in [-0.4, -0.2) is 33.3 Å². The number of sulfonamides is 1. The van der Waals surface area contributed by atoms with Crippen LogP contribution in [0.3, 0.4) is 0 Å². The smallest absolute Gasteiger partial charge is 0.299 e. The molecule has 0 N–H and O–H groups in total. The number of hydrogen-bond donors (Lipinski definition) is 0. The number of carbonyl (C=O) groups is 2. The summed E-state index contributed by atoms with van der Waals surface area (Å²) >= 11 is 0. The van der Waals surface area contributed by atoms with Gasteiger partial charge < -0.3 is 0 Å². The van der Waals surface area contributed by atoms with Crippen molar-refractivity contribution in [1.29, 1.82) is 0 Å². The normalized spacial score (nSPS) is 15.2. The van der Waals surface area contributed by atoms with Gasteiger partial charge in [0, 0.05) is 18.5 Å². The molecule has 0 heterocycles. The number of carbonyl (C=O) groups excluding carboxylic acids is 2. The molecule has 0 amide bonds. The fourth-order valence-electron chi connectivity index (χ4n) is 2.19. The van der Waals surface area contributed by atoms with E-state index in [9.17, 15) is 31.2 Å². The summed E-state index contributed by atoms with van der Waals surface area (Å²) in [5.74, 6) is -1.13. The van der Waals surface area contributed by atoms with Gasteiger partial charge in [-0.3, -0.25) is 13.9 Å². The van der Waals surface area contributed by atoms with E-state index >= 15 is 0 Å². The van der Waals surface area contributed by atoms with Crippen molar-refractivity contribution >= 4 is 27.3 Å². The summed E-state index contributed by atoms with van der Waals surface area (Å²) in [5.41, 5.74) is -1.68. The molecule has 0 spiro atoms. The molecule has 1 aliphatic carbocycles. The van der Waals surface area contributed by atoms with Crippen molar-refractivity contribution in [3.8, 4) is 0 Å². The maximum absolute atomic E-state index is 12.9. The van der Waals surface area contributed by atoms with Gasteiger partial charge in [-0.15, -0.1) is 0 Å². The van der Waals surface area contributed by atoms with Crippen molar-refractivity contribution in [3.63, 3.8) is 0 Å². The Morgan fingerprint density at radius 1 is 1.25 bits per heavy atom. The third-order valence-corrected chi connectivity index (χ3v) is 5.02. The Bertz CT molecular complexity index is 782. The van der Waals surface area contributed by atoms with Crippen LogP contribution in [0.15, 0.2) is 18.2 Å². The highest BCUT2D eigenvalue weighted by molar-refractivity contribution is 7.92. The quantitative estimate of drug-likeness (QED) is 0.575. The largest absolute Gasteiger partial charge is 0.416 e. The monoisotopic (exact) mass is 363 g/mol. The molecule has 1 aliphatic rings. The maximum atomic E-state index is 12.9. The lowest BCUT2D eigenvalue weighted by atomic mass is 10.00. The Kier molecular flexibility index (Phi) is 4.76. The Hall–Kier alpha value is -1.90. The number of ketones is 2. The number of Topliss-reactive ketones (excluding diaryl/α,β-unsaturated/α-hetero) is 2. The number of nitrogens with zero attached hydrogens (tertiary/aromatic N) is 1. The molecule has 0 unspecified atom stereocenters. The summed E-state index contributed by atoms with van der Waals surface area (Å²) in [6.45, 7) is 0. The molecule has 0 radical (unpaired) electrons. The zero-order valence-electron chi connectivity index (χ0n) is 13.1. The van der Waals surface area contributed by atoms with E-state index in [-0.39, 0.29) is 23.0 Å². The van der Waals surface area contributed by atoms with E-state index in [0.29, 0.717) is 29.3 Å². The van der Waals surface area contributed by atoms with Gasteiger partial charge in [0.05, 0.1) is 23.9 Å². The van der Waals surface area contributed by atoms with Crippen molar-refractivity contribution in [2.75, 3.05) is 17.6 Å². The number of hydrogen-bond acceptors (Lipinski definition) is 4. The van der Waals surface area contributed by atoms with Gasteiger partial charge in [0.1, 0.15) is 5.78 Å². The van der Waals surface area contributed by atoms with Gasteiger partial charge in [-0.25, -0.2) is 8.42 Å². The Labute approximate surface area is 137 Å². The van der Waals surface area contributed by atoms with Crippen molar-refractivity contribution < 1.29 is 31.2 Å². The van der Waals surface area contributed by atoms with Crippen LogP contribution < -0.4 is 4.31 Å². The lowest BCUT2D eigenvalue weighted by Crippen LogP contribution is -2.27. The van der Waals surface area contributed by atoms with Gasteiger partial charge in [0.25, 0.3) is 0 Å². The van der Waals surface area contributed by atoms with Crippen LogP contribution in [0.4, 0.5) is 18.9 Å². The van der Waals surface area contributed by atoms with Crippen molar-refractivity contribution in [2.24, 2.45) is 5.92 Å². The lowest BCUT2D eigenvalue weighted by Gasteiger charge is -2.21. The van der Waals surface area contributed by atoms with Crippen LogP contribution in [0.2, 0.25) is 0 Å². The Morgan fingerprint density at radius 2 is 1.83 bits per heavy atom. The van der Waals surface area contributed by atoms with E-state index in [2.05, 4.69) is 0 Å². The van der Waals surface area contributed by atoms with Crippen LogP contribution in [0.5, 0.6) is 0 Å². The first-order valence-electron chi connectivity index (χ1n) is 7.12. The van der Waals surface area contributed by atoms with Crippen molar-refractivity contribution in [2.45, 2.75) is 25.4 Å². The van der Waals surface area contributed by atoms with Gasteiger partial charge in [-0.05, 0) is 31.0 Å². The summed E-state index contributed by atoms with van der Waals surface area (Å²) < 4.78 is 62.6. The highest BCUT2D eigenvalue weighted by Gasteiger charge is 2.34. The van der Waals surface area contributed by atoms with Gasteiger partial charge in [-0.2, -0.15) is 13.2 Å². The molecule has 1 fully saturated rings. The minimum atomic E-state index is -4.68. The molecule has 0 saturated heterocycles. The summed E-state index contributed by atoms with van der Waals surface area (Å²) in [6.07, 6.45) is -2.90. The predicted molar refractivity (Wildman–Crippen MR) is 81.4 cm³/mol. The van der Waals surface area contributed by atoms with Gasteiger partial charge in [0.15, 0.2) is 5.78 Å². The number of halogens is 3. The minimum absolute atomic E-state index is 0.167. The first-order valence-corrected chi connectivity index (χ1v) is 8.97. The zero-order chi connectivity index (χ0) is 18.3. The molecule has 0 aliphatic heterocycles. The van der Waals surface area contributed by atoms with E-state index in [1.54, 1.807) is 0 Å². The molecule has 24 heavy (non-hydrogen) atoms. The van der Waals surface area contributed by atoms with E-state index in [0.717, 1.165) is 19.4 Å². The summed E-state index contributed by atoms with van der Waals surface area (Å²) in [5, 5.41) is 0. The van der Waals surface area contributed by atoms with Crippen LogP contribution >= 0.6 is 0 Å². The summed E-state index contributed by atoms with van der Waals surface area (Å²) in [4.78, 5) is 24.0. The van der Waals surface area contributed by atoms with Crippen molar-refractivity contribution in [1.82, 2.24) is 0 Å². The number of alkyl halides is 3. The van der Waals surface area contributed by atoms with E-state index in [4.69, 9.17) is 0 Å².